The standard InChI is InChI=1S/C40H35N2O.C18H24GeN.Ir/c1-26(2)32-23-31(30-15-9-6-10-16-30)24-33(27(3)4)39(32)42-37-18-12-11-17-36(37)41-40(42)35-25-43-38-20-19-29(22-34(35)38)21-28-13-7-5-8-14-28;1-14(2)11-16-12-18(15-9-7-6-8-10-15)20-13-17(16)19(3,4)5;/h5-20,22-24,26-27H,21H2,1-4H3;6-9,12-14H,11H2,1-5H3;/q2*-1;. The first kappa shape index (κ1) is 46.7. The van der Waals surface area contributed by atoms with Crippen LogP contribution in [0.15, 0.2) is 156 Å². The number of para-hydroxylation sites is 2. The van der Waals surface area contributed by atoms with Crippen molar-refractivity contribution in [3.8, 4) is 39.5 Å². The van der Waals surface area contributed by atoms with Crippen LogP contribution in [0, 0.1) is 18.2 Å². The van der Waals surface area contributed by atoms with Crippen LogP contribution in [0.2, 0.25) is 17.3 Å². The van der Waals surface area contributed by atoms with E-state index in [4.69, 9.17) is 14.4 Å². The van der Waals surface area contributed by atoms with Gasteiger partial charge < -0.3 is 8.98 Å². The molecule has 0 spiro atoms. The minimum atomic E-state index is -1.86. The zero-order valence-corrected chi connectivity index (χ0v) is 43.2. The Morgan fingerprint density at radius 3 is 1.97 bits per heavy atom. The fourth-order valence-electron chi connectivity index (χ4n) is 8.65. The van der Waals surface area contributed by atoms with E-state index < -0.39 is 13.3 Å². The van der Waals surface area contributed by atoms with Crippen molar-refractivity contribution in [3.05, 3.63) is 192 Å². The Morgan fingerprint density at radius 2 is 1.33 bits per heavy atom. The fourth-order valence-corrected chi connectivity index (χ4v) is 12.0. The minimum Gasteiger partial charge on any atom is -0.557 e. The van der Waals surface area contributed by atoms with Crippen LogP contribution in [0.5, 0.6) is 0 Å². The Kier molecular flexibility index (Phi) is 14.8. The smallest absolute Gasteiger partial charge is 0.0774 e. The number of benzene rings is 6. The van der Waals surface area contributed by atoms with Gasteiger partial charge in [0.25, 0.3) is 0 Å². The van der Waals surface area contributed by atoms with Crippen molar-refractivity contribution >= 4 is 39.7 Å². The van der Waals surface area contributed by atoms with Gasteiger partial charge in [0.1, 0.15) is 0 Å². The molecule has 0 saturated heterocycles. The molecule has 0 amide bonds. The maximum Gasteiger partial charge on any atom is 0.0774 e. The summed E-state index contributed by atoms with van der Waals surface area (Å²) < 4.78 is 9.95. The van der Waals surface area contributed by atoms with E-state index in [2.05, 4.69) is 209 Å². The van der Waals surface area contributed by atoms with E-state index in [9.17, 15) is 0 Å². The Balaban J connectivity index is 0.000000246. The summed E-state index contributed by atoms with van der Waals surface area (Å²) in [6, 6.07) is 54.5. The van der Waals surface area contributed by atoms with E-state index in [1.165, 1.54) is 44.6 Å². The second-order valence-electron chi connectivity index (χ2n) is 18.9. The van der Waals surface area contributed by atoms with Gasteiger partial charge in [0.15, 0.2) is 0 Å². The number of fused-ring (bicyclic) bond motifs is 2. The quantitative estimate of drug-likeness (QED) is 0.0958. The zero-order chi connectivity index (χ0) is 44.3. The second-order valence-corrected chi connectivity index (χ2v) is 29.4. The number of pyridine rings is 1. The summed E-state index contributed by atoms with van der Waals surface area (Å²) in [5, 5.41) is 1.03. The van der Waals surface area contributed by atoms with Gasteiger partial charge >= 0.3 is 126 Å². The number of nitrogens with zero attached hydrogens (tertiary/aromatic N) is 3. The van der Waals surface area contributed by atoms with Crippen LogP contribution >= 0.6 is 0 Å². The molecule has 4 nitrogen and oxygen atoms in total. The Labute approximate surface area is 396 Å². The average molecular weight is 1080 g/mol. The van der Waals surface area contributed by atoms with Gasteiger partial charge in [0.05, 0.1) is 16.9 Å². The van der Waals surface area contributed by atoms with Gasteiger partial charge in [-0.15, -0.1) is 0 Å². The molecule has 0 bridgehead atoms. The molecular weight excluding hydrogens is 1020 g/mol. The molecule has 0 unspecified atom stereocenters. The number of aromatic nitrogens is 3. The third-order valence-electron chi connectivity index (χ3n) is 11.8. The molecule has 0 N–H and O–H groups in total. The first-order chi connectivity index (χ1) is 30.4. The maximum atomic E-state index is 6.05. The average Bonchev–Trinajstić information content (AvgIpc) is 3.87. The molecule has 9 rings (SSSR count). The number of rotatable bonds is 11. The molecule has 6 heteroatoms. The Bertz CT molecular complexity index is 2930. The van der Waals surface area contributed by atoms with Gasteiger partial charge in [-0.05, 0) is 70.3 Å². The molecule has 0 saturated carbocycles. The first-order valence-corrected chi connectivity index (χ1v) is 29.8. The largest absolute Gasteiger partial charge is 0.557 e. The van der Waals surface area contributed by atoms with Crippen LogP contribution in [0.25, 0.3) is 61.5 Å². The van der Waals surface area contributed by atoms with Crippen molar-refractivity contribution in [3.63, 3.8) is 0 Å². The third-order valence-corrected chi connectivity index (χ3v) is 16.1. The predicted molar refractivity (Wildman–Crippen MR) is 268 cm³/mol. The van der Waals surface area contributed by atoms with Crippen LogP contribution in [-0.4, -0.2) is 27.8 Å². The summed E-state index contributed by atoms with van der Waals surface area (Å²) in [5.41, 5.74) is 16.2. The van der Waals surface area contributed by atoms with Crippen molar-refractivity contribution in [2.75, 3.05) is 0 Å². The topological polar surface area (TPSA) is 43.9 Å². The Morgan fingerprint density at radius 1 is 0.672 bits per heavy atom. The van der Waals surface area contributed by atoms with Gasteiger partial charge in [-0.25, -0.2) is 0 Å². The molecule has 3 aromatic heterocycles. The van der Waals surface area contributed by atoms with Crippen molar-refractivity contribution in [2.45, 2.75) is 83.5 Å². The van der Waals surface area contributed by atoms with Crippen LogP contribution in [-0.2, 0) is 32.9 Å². The summed E-state index contributed by atoms with van der Waals surface area (Å²) in [4.78, 5) is 9.95. The molecule has 0 aliphatic rings. The van der Waals surface area contributed by atoms with Crippen molar-refractivity contribution < 1.29 is 24.5 Å². The van der Waals surface area contributed by atoms with Gasteiger partial charge in [0, 0.05) is 37.6 Å². The molecule has 1 radical (unpaired) electrons. The van der Waals surface area contributed by atoms with Crippen LogP contribution in [0.4, 0.5) is 0 Å². The maximum absolute atomic E-state index is 6.05. The number of imidazole rings is 1. The summed E-state index contributed by atoms with van der Waals surface area (Å²) in [5.74, 6) is 9.45. The monoisotopic (exact) mass is 1080 g/mol. The summed E-state index contributed by atoms with van der Waals surface area (Å²) in [6.45, 7) is 13.7. The van der Waals surface area contributed by atoms with E-state index in [0.29, 0.717) is 17.8 Å². The molecule has 327 valence electrons. The molecule has 64 heavy (non-hydrogen) atoms. The summed E-state index contributed by atoms with van der Waals surface area (Å²) in [6.07, 6.45) is 7.40. The van der Waals surface area contributed by atoms with E-state index in [0.717, 1.165) is 57.5 Å². The van der Waals surface area contributed by atoms with Gasteiger partial charge in [-0.2, -0.15) is 0 Å². The van der Waals surface area contributed by atoms with E-state index in [1.54, 1.807) is 4.40 Å². The van der Waals surface area contributed by atoms with Crippen LogP contribution in [0.1, 0.15) is 81.2 Å². The number of hydrogen-bond acceptors (Lipinski definition) is 3. The fraction of sp³-hybridized carbons (Fsp3) is 0.241. The molecular formula is C58H59GeIrN3O-2. The van der Waals surface area contributed by atoms with E-state index in [-0.39, 0.29) is 20.1 Å². The number of hydrogen-bond donors (Lipinski definition) is 0. The van der Waals surface area contributed by atoms with Gasteiger partial charge in [0.2, 0.25) is 0 Å². The SMILES string of the molecule is CC(C)Cc1cc(-c2[c-]cccc2)nc[c]1[Ge]([CH3])([CH3])[CH3].CC(C)c1cc(-c2ccccc2)cc(C(C)C)c1-n1c(-c2[c-]oc3ccc(Cc4ccccc4)cc23)nc2ccccc21.[Ir]. The van der Waals surface area contributed by atoms with E-state index in [1.807, 2.05) is 18.2 Å². The molecule has 0 atom stereocenters. The number of furan rings is 1. The molecule has 0 fully saturated rings. The van der Waals surface area contributed by atoms with Crippen molar-refractivity contribution in [2.24, 2.45) is 5.92 Å². The molecule has 0 aliphatic heterocycles. The summed E-state index contributed by atoms with van der Waals surface area (Å²) in [7, 11) is 0. The van der Waals surface area contributed by atoms with E-state index >= 15 is 0 Å². The normalized spacial score (nSPS) is 11.6. The van der Waals surface area contributed by atoms with Crippen LogP contribution < -0.4 is 4.40 Å². The van der Waals surface area contributed by atoms with Gasteiger partial charge in [-0.1, -0.05) is 135 Å². The molecule has 9 aromatic rings. The summed E-state index contributed by atoms with van der Waals surface area (Å²) >= 11 is -1.86. The molecule has 0 aliphatic carbocycles. The molecule has 6 aromatic carbocycles. The van der Waals surface area contributed by atoms with Gasteiger partial charge in [-0.3, -0.25) is 4.98 Å². The van der Waals surface area contributed by atoms with Crippen molar-refractivity contribution in [1.29, 1.82) is 0 Å². The van der Waals surface area contributed by atoms with Crippen molar-refractivity contribution in [1.82, 2.24) is 14.5 Å². The zero-order valence-electron chi connectivity index (χ0n) is 38.7. The second kappa shape index (κ2) is 20.2. The molecule has 3 heterocycles. The first-order valence-electron chi connectivity index (χ1n) is 22.5. The van der Waals surface area contributed by atoms with Crippen LogP contribution in [0.3, 0.4) is 0 Å². The Hall–Kier alpha value is -5.33. The minimum absolute atomic E-state index is 0. The third kappa shape index (κ3) is 10.3. The predicted octanol–water partition coefficient (Wildman–Crippen LogP) is 15.0.